The molecule has 5 rings (SSSR count). The summed E-state index contributed by atoms with van der Waals surface area (Å²) in [5.41, 5.74) is 2.05. The van der Waals surface area contributed by atoms with Crippen LogP contribution < -0.4 is 9.80 Å². The lowest BCUT2D eigenvalue weighted by molar-refractivity contribution is 0.533. The van der Waals surface area contributed by atoms with Gasteiger partial charge in [-0.2, -0.15) is 0 Å². The van der Waals surface area contributed by atoms with Crippen LogP contribution in [-0.4, -0.2) is 51.1 Å². The molecule has 0 spiro atoms. The fourth-order valence-electron chi connectivity index (χ4n) is 4.60. The first kappa shape index (κ1) is 18.2. The average Bonchev–Trinajstić information content (AvgIpc) is 3.26. The molecule has 0 N–H and O–H groups in total. The van der Waals surface area contributed by atoms with Gasteiger partial charge < -0.3 is 9.80 Å². The summed E-state index contributed by atoms with van der Waals surface area (Å²) < 4.78 is 0. The zero-order chi connectivity index (χ0) is 20.2. The molecule has 2 unspecified atom stereocenters. The van der Waals surface area contributed by atoms with Gasteiger partial charge in [0.15, 0.2) is 0 Å². The number of anilines is 2. The Balaban J connectivity index is 1.36. The van der Waals surface area contributed by atoms with Gasteiger partial charge >= 0.3 is 0 Å². The molecule has 2 saturated heterocycles. The molecule has 0 radical (unpaired) electrons. The summed E-state index contributed by atoms with van der Waals surface area (Å²) in [5.74, 6) is 4.15. The van der Waals surface area contributed by atoms with Crippen molar-refractivity contribution in [1.82, 2.24) is 24.9 Å². The third-order valence-electron chi connectivity index (χ3n) is 6.12. The number of aryl methyl sites for hydroxylation is 1. The summed E-state index contributed by atoms with van der Waals surface area (Å²) in [6.07, 6.45) is 5.36. The van der Waals surface area contributed by atoms with Gasteiger partial charge in [0.05, 0.1) is 17.4 Å². The number of fused-ring (bicyclic) bond motifs is 2. The van der Waals surface area contributed by atoms with E-state index in [-0.39, 0.29) is 5.41 Å². The average molecular weight is 390 g/mol. The van der Waals surface area contributed by atoms with E-state index in [1.807, 2.05) is 25.4 Å². The van der Waals surface area contributed by atoms with Crippen molar-refractivity contribution in [3.63, 3.8) is 0 Å². The van der Waals surface area contributed by atoms with Crippen LogP contribution in [0.25, 0.3) is 10.9 Å². The molecule has 2 atom stereocenters. The van der Waals surface area contributed by atoms with E-state index >= 15 is 0 Å². The highest BCUT2D eigenvalue weighted by Gasteiger charge is 2.41. The Labute approximate surface area is 171 Å². The van der Waals surface area contributed by atoms with E-state index in [2.05, 4.69) is 56.6 Å². The molecule has 2 aliphatic rings. The molecule has 5 heterocycles. The van der Waals surface area contributed by atoms with E-state index in [1.165, 1.54) is 0 Å². The van der Waals surface area contributed by atoms with Gasteiger partial charge in [-0.15, -0.1) is 0 Å². The minimum Gasteiger partial charge on any atom is -0.356 e. The van der Waals surface area contributed by atoms with E-state index < -0.39 is 0 Å². The lowest BCUT2D eigenvalue weighted by atomic mass is 9.92. The summed E-state index contributed by atoms with van der Waals surface area (Å²) in [5, 5.41) is 1.09. The van der Waals surface area contributed by atoms with E-state index in [0.717, 1.165) is 60.2 Å². The summed E-state index contributed by atoms with van der Waals surface area (Å²) in [6, 6.07) is 4.19. The second-order valence-corrected chi connectivity index (χ2v) is 9.33. The molecule has 150 valence electrons. The summed E-state index contributed by atoms with van der Waals surface area (Å²) >= 11 is 0. The van der Waals surface area contributed by atoms with Crippen LogP contribution in [0.15, 0.2) is 30.9 Å². The van der Waals surface area contributed by atoms with Gasteiger partial charge in [0.25, 0.3) is 0 Å². The summed E-state index contributed by atoms with van der Waals surface area (Å²) in [4.78, 5) is 27.4. The Kier molecular flexibility index (Phi) is 4.15. The van der Waals surface area contributed by atoms with Gasteiger partial charge in [-0.3, -0.25) is 4.98 Å². The van der Waals surface area contributed by atoms with Crippen molar-refractivity contribution in [2.45, 2.75) is 33.1 Å². The predicted octanol–water partition coefficient (Wildman–Crippen LogP) is 2.99. The molecule has 3 aromatic rings. The third kappa shape index (κ3) is 3.28. The number of hydrogen-bond acceptors (Lipinski definition) is 7. The number of aromatic nitrogens is 5. The number of rotatable bonds is 2. The third-order valence-corrected chi connectivity index (χ3v) is 6.12. The maximum atomic E-state index is 4.78. The highest BCUT2D eigenvalue weighted by atomic mass is 15.3. The van der Waals surface area contributed by atoms with Crippen molar-refractivity contribution in [3.8, 4) is 0 Å². The van der Waals surface area contributed by atoms with Crippen molar-refractivity contribution in [2.75, 3.05) is 36.0 Å². The molecule has 7 nitrogen and oxygen atoms in total. The van der Waals surface area contributed by atoms with Crippen molar-refractivity contribution in [1.29, 1.82) is 0 Å². The van der Waals surface area contributed by atoms with Crippen LogP contribution in [0.1, 0.15) is 32.3 Å². The van der Waals surface area contributed by atoms with Gasteiger partial charge in [0, 0.05) is 61.1 Å². The molecule has 0 amide bonds. The quantitative estimate of drug-likeness (QED) is 0.667. The largest absolute Gasteiger partial charge is 0.356 e. The van der Waals surface area contributed by atoms with Crippen molar-refractivity contribution in [3.05, 3.63) is 42.4 Å². The molecule has 7 heteroatoms. The molecule has 0 aromatic carbocycles. The smallest absolute Gasteiger partial charge is 0.140 e. The second kappa shape index (κ2) is 6.61. The molecular weight excluding hydrogens is 362 g/mol. The molecule has 3 aromatic heterocycles. The highest BCUT2D eigenvalue weighted by molar-refractivity contribution is 5.89. The van der Waals surface area contributed by atoms with Crippen molar-refractivity contribution >= 4 is 22.5 Å². The first-order valence-corrected chi connectivity index (χ1v) is 10.3. The minimum absolute atomic E-state index is 0.0326. The second-order valence-electron chi connectivity index (χ2n) is 9.33. The fourth-order valence-corrected chi connectivity index (χ4v) is 4.60. The maximum absolute atomic E-state index is 4.78. The Bertz CT molecular complexity index is 1040. The number of nitrogens with zero attached hydrogens (tertiary/aromatic N) is 7. The van der Waals surface area contributed by atoms with Crippen LogP contribution in [0.3, 0.4) is 0 Å². The molecule has 0 aliphatic carbocycles. The first-order chi connectivity index (χ1) is 13.9. The van der Waals surface area contributed by atoms with Crippen LogP contribution in [-0.2, 0) is 5.41 Å². The Morgan fingerprint density at radius 1 is 0.966 bits per heavy atom. The van der Waals surface area contributed by atoms with Gasteiger partial charge in [-0.25, -0.2) is 19.9 Å². The maximum Gasteiger partial charge on any atom is 0.140 e. The predicted molar refractivity (Wildman–Crippen MR) is 114 cm³/mol. The van der Waals surface area contributed by atoms with Gasteiger partial charge in [0.1, 0.15) is 23.8 Å². The van der Waals surface area contributed by atoms with Crippen LogP contribution >= 0.6 is 0 Å². The topological polar surface area (TPSA) is 70.9 Å². The van der Waals surface area contributed by atoms with Gasteiger partial charge in [-0.1, -0.05) is 20.8 Å². The minimum atomic E-state index is 0.0326. The van der Waals surface area contributed by atoms with E-state index in [4.69, 9.17) is 4.98 Å². The number of pyridine rings is 1. The zero-order valence-corrected chi connectivity index (χ0v) is 17.5. The zero-order valence-electron chi connectivity index (χ0n) is 17.5. The molecule has 2 aliphatic heterocycles. The fraction of sp³-hybridized carbons (Fsp3) is 0.500. The molecule has 0 saturated carbocycles. The highest BCUT2D eigenvalue weighted by Crippen LogP contribution is 2.37. The molecule has 2 fully saturated rings. The SMILES string of the molecule is Cc1nc(N2CC3CN(c4cc(C(C)(C)C)ncn4)CC3C2)c2ccncc2n1. The Hall–Kier alpha value is -2.83. The van der Waals surface area contributed by atoms with E-state index in [1.54, 1.807) is 6.33 Å². The van der Waals surface area contributed by atoms with Gasteiger partial charge in [-0.05, 0) is 13.0 Å². The first-order valence-electron chi connectivity index (χ1n) is 10.3. The van der Waals surface area contributed by atoms with Crippen LogP contribution in [0.4, 0.5) is 11.6 Å². The van der Waals surface area contributed by atoms with Crippen molar-refractivity contribution in [2.24, 2.45) is 11.8 Å². The normalized spacial score (nSPS) is 21.8. The lowest BCUT2D eigenvalue weighted by Gasteiger charge is -2.25. The molecule has 0 bridgehead atoms. The van der Waals surface area contributed by atoms with Crippen LogP contribution in [0.2, 0.25) is 0 Å². The number of hydrogen-bond donors (Lipinski definition) is 0. The van der Waals surface area contributed by atoms with Crippen molar-refractivity contribution < 1.29 is 0 Å². The Morgan fingerprint density at radius 2 is 1.69 bits per heavy atom. The Morgan fingerprint density at radius 3 is 2.41 bits per heavy atom. The lowest BCUT2D eigenvalue weighted by Crippen LogP contribution is -2.30. The van der Waals surface area contributed by atoms with Gasteiger partial charge in [0.2, 0.25) is 0 Å². The molecular formula is C22H27N7. The van der Waals surface area contributed by atoms with E-state index in [9.17, 15) is 0 Å². The van der Waals surface area contributed by atoms with Crippen LogP contribution in [0, 0.1) is 18.8 Å². The summed E-state index contributed by atoms with van der Waals surface area (Å²) in [6.45, 7) is 12.6. The molecule has 29 heavy (non-hydrogen) atoms. The monoisotopic (exact) mass is 389 g/mol. The summed E-state index contributed by atoms with van der Waals surface area (Å²) in [7, 11) is 0. The van der Waals surface area contributed by atoms with Crippen LogP contribution in [0.5, 0.6) is 0 Å². The standard InChI is InChI=1S/C22H27N7/c1-14-26-18-8-23-6-5-17(18)21(27-14)29-11-15-9-28(10-16(15)12-29)20-7-19(22(2,3)4)24-13-25-20/h5-8,13,15-16H,9-12H2,1-4H3. The van der Waals surface area contributed by atoms with E-state index in [0.29, 0.717) is 11.8 Å².